The highest BCUT2D eigenvalue weighted by atomic mass is 16.4. The lowest BCUT2D eigenvalue weighted by Crippen LogP contribution is -2.36. The van der Waals surface area contributed by atoms with Crippen LogP contribution in [0.3, 0.4) is 0 Å². The number of rotatable bonds is 7. The summed E-state index contributed by atoms with van der Waals surface area (Å²) >= 11 is 0. The van der Waals surface area contributed by atoms with Crippen LogP contribution in [0.5, 0.6) is 0 Å². The summed E-state index contributed by atoms with van der Waals surface area (Å²) in [6.07, 6.45) is 2.65. The van der Waals surface area contributed by atoms with Crippen molar-refractivity contribution in [2.45, 2.75) is 59.5 Å². The molecule has 0 bridgehead atoms. The molecule has 0 aliphatic rings. The molecule has 0 fully saturated rings. The van der Waals surface area contributed by atoms with Crippen molar-refractivity contribution in [2.24, 2.45) is 0 Å². The molecule has 0 unspecified atom stereocenters. The molecule has 1 aromatic rings. The van der Waals surface area contributed by atoms with Crippen molar-refractivity contribution in [1.82, 2.24) is 5.32 Å². The van der Waals surface area contributed by atoms with Crippen molar-refractivity contribution in [2.75, 3.05) is 0 Å². The van der Waals surface area contributed by atoms with Gasteiger partial charge in [0.25, 0.3) is 0 Å². The molecule has 0 aliphatic heterocycles. The number of hydrogen-bond acceptors (Lipinski definition) is 2. The van der Waals surface area contributed by atoms with Crippen molar-refractivity contribution in [3.05, 3.63) is 34.4 Å². The van der Waals surface area contributed by atoms with Crippen LogP contribution in [-0.2, 0) is 11.3 Å². The van der Waals surface area contributed by atoms with E-state index in [1.54, 1.807) is 0 Å². The first-order chi connectivity index (χ1) is 8.95. The number of carbonyl (C=O) groups is 1. The molecule has 0 aliphatic carbocycles. The van der Waals surface area contributed by atoms with Crippen LogP contribution in [0.4, 0.5) is 0 Å². The Balaban J connectivity index is 2.68. The average Bonchev–Trinajstić information content (AvgIpc) is 2.34. The van der Waals surface area contributed by atoms with Crippen LogP contribution >= 0.6 is 0 Å². The summed E-state index contributed by atoms with van der Waals surface area (Å²) in [5.74, 6) is -0.755. The van der Waals surface area contributed by atoms with Crippen LogP contribution in [0.2, 0.25) is 0 Å². The minimum Gasteiger partial charge on any atom is -0.480 e. The molecule has 0 aromatic heterocycles. The third-order valence-corrected chi connectivity index (χ3v) is 3.64. The molecule has 2 N–H and O–H groups in total. The fourth-order valence-electron chi connectivity index (χ4n) is 2.17. The molecule has 1 atom stereocenters. The van der Waals surface area contributed by atoms with E-state index in [9.17, 15) is 9.90 Å². The molecule has 0 amide bonds. The van der Waals surface area contributed by atoms with Crippen LogP contribution < -0.4 is 5.32 Å². The summed E-state index contributed by atoms with van der Waals surface area (Å²) in [5, 5.41) is 12.3. The predicted molar refractivity (Wildman–Crippen MR) is 78.4 cm³/mol. The van der Waals surface area contributed by atoms with E-state index in [0.717, 1.165) is 12.8 Å². The van der Waals surface area contributed by atoms with E-state index in [2.05, 4.69) is 45.1 Å². The van der Waals surface area contributed by atoms with E-state index in [1.165, 1.54) is 22.3 Å². The summed E-state index contributed by atoms with van der Waals surface area (Å²) in [6, 6.07) is 3.87. The number of unbranched alkanes of at least 4 members (excludes halogenated alkanes) is 1. The Morgan fingerprint density at radius 1 is 1.21 bits per heavy atom. The second-order valence-electron chi connectivity index (χ2n) is 5.28. The summed E-state index contributed by atoms with van der Waals surface area (Å²) in [7, 11) is 0. The molecule has 0 spiro atoms. The molecule has 3 nitrogen and oxygen atoms in total. The van der Waals surface area contributed by atoms with Crippen LogP contribution in [0.1, 0.15) is 48.4 Å². The van der Waals surface area contributed by atoms with E-state index in [4.69, 9.17) is 0 Å². The summed E-state index contributed by atoms with van der Waals surface area (Å²) in [6.45, 7) is 8.95. The minimum absolute atomic E-state index is 0.444. The average molecular weight is 263 g/mol. The maximum Gasteiger partial charge on any atom is 0.320 e. The Bertz CT molecular complexity index is 441. The largest absolute Gasteiger partial charge is 0.480 e. The van der Waals surface area contributed by atoms with E-state index in [-0.39, 0.29) is 0 Å². The van der Waals surface area contributed by atoms with E-state index >= 15 is 0 Å². The van der Waals surface area contributed by atoms with Crippen molar-refractivity contribution in [3.8, 4) is 0 Å². The predicted octanol–water partition coefficient (Wildman–Crippen LogP) is 3.34. The quantitative estimate of drug-likeness (QED) is 0.793. The fraction of sp³-hybridized carbons (Fsp3) is 0.562. The zero-order chi connectivity index (χ0) is 14.4. The molecule has 0 saturated heterocycles. The van der Waals surface area contributed by atoms with Gasteiger partial charge in [-0.2, -0.15) is 0 Å². The SMILES string of the molecule is CCCC[C@H](NCc1cc(C)c(C)cc1C)C(=O)O. The number of carboxylic acid groups (broad SMARTS) is 1. The molecule has 0 saturated carbocycles. The number of nitrogens with one attached hydrogen (secondary N) is 1. The molecule has 0 radical (unpaired) electrons. The smallest absolute Gasteiger partial charge is 0.320 e. The summed E-state index contributed by atoms with van der Waals surface area (Å²) < 4.78 is 0. The van der Waals surface area contributed by atoms with Gasteiger partial charge in [0.1, 0.15) is 6.04 Å². The molecule has 0 heterocycles. The Morgan fingerprint density at radius 2 is 1.84 bits per heavy atom. The van der Waals surface area contributed by atoms with Gasteiger partial charge in [-0.1, -0.05) is 31.9 Å². The van der Waals surface area contributed by atoms with Gasteiger partial charge < -0.3 is 10.4 Å². The zero-order valence-electron chi connectivity index (χ0n) is 12.4. The minimum atomic E-state index is -0.755. The highest BCUT2D eigenvalue weighted by Gasteiger charge is 2.16. The van der Waals surface area contributed by atoms with E-state index in [0.29, 0.717) is 13.0 Å². The maximum absolute atomic E-state index is 11.2. The van der Waals surface area contributed by atoms with Gasteiger partial charge in [-0.3, -0.25) is 4.79 Å². The third-order valence-electron chi connectivity index (χ3n) is 3.64. The molecule has 1 rings (SSSR count). The van der Waals surface area contributed by atoms with E-state index in [1.807, 2.05) is 0 Å². The van der Waals surface area contributed by atoms with Gasteiger partial charge in [0, 0.05) is 6.54 Å². The van der Waals surface area contributed by atoms with Gasteiger partial charge in [-0.15, -0.1) is 0 Å². The monoisotopic (exact) mass is 263 g/mol. The second kappa shape index (κ2) is 7.29. The Labute approximate surface area is 116 Å². The lowest BCUT2D eigenvalue weighted by Gasteiger charge is -2.16. The first kappa shape index (κ1) is 15.7. The molecule has 1 aromatic carbocycles. The first-order valence-corrected chi connectivity index (χ1v) is 6.98. The van der Waals surface area contributed by atoms with Gasteiger partial charge in [-0.25, -0.2) is 0 Å². The standard InChI is InChI=1S/C16H25NO2/c1-5-6-7-15(16(18)19)17-10-14-9-12(3)11(2)8-13(14)4/h8-9,15,17H,5-7,10H2,1-4H3,(H,18,19)/t15-/m0/s1. The van der Waals surface area contributed by atoms with Crippen LogP contribution in [0, 0.1) is 20.8 Å². The molecular formula is C16H25NO2. The number of aryl methyl sites for hydroxylation is 3. The maximum atomic E-state index is 11.2. The van der Waals surface area contributed by atoms with Gasteiger partial charge in [0.15, 0.2) is 0 Å². The normalized spacial score (nSPS) is 12.4. The fourth-order valence-corrected chi connectivity index (χ4v) is 2.17. The molecule has 19 heavy (non-hydrogen) atoms. The number of benzene rings is 1. The van der Waals surface area contributed by atoms with Crippen LogP contribution in [0.25, 0.3) is 0 Å². The summed E-state index contributed by atoms with van der Waals surface area (Å²) in [4.78, 5) is 11.2. The lowest BCUT2D eigenvalue weighted by atomic mass is 10.0. The Kier molecular flexibility index (Phi) is 6.03. The van der Waals surface area contributed by atoms with Crippen molar-refractivity contribution in [1.29, 1.82) is 0 Å². The van der Waals surface area contributed by atoms with Crippen molar-refractivity contribution < 1.29 is 9.90 Å². The lowest BCUT2D eigenvalue weighted by molar-refractivity contribution is -0.139. The molecule has 106 valence electrons. The number of aliphatic carboxylic acids is 1. The number of carboxylic acids is 1. The second-order valence-corrected chi connectivity index (χ2v) is 5.28. The third kappa shape index (κ3) is 4.67. The highest BCUT2D eigenvalue weighted by Crippen LogP contribution is 2.15. The highest BCUT2D eigenvalue weighted by molar-refractivity contribution is 5.73. The van der Waals surface area contributed by atoms with Gasteiger partial charge in [0.2, 0.25) is 0 Å². The number of hydrogen-bond donors (Lipinski definition) is 2. The van der Waals surface area contributed by atoms with Gasteiger partial charge >= 0.3 is 5.97 Å². The molecule has 3 heteroatoms. The summed E-state index contributed by atoms with van der Waals surface area (Å²) in [5.41, 5.74) is 4.94. The topological polar surface area (TPSA) is 49.3 Å². The van der Waals surface area contributed by atoms with Crippen molar-refractivity contribution >= 4 is 5.97 Å². The Morgan fingerprint density at radius 3 is 2.42 bits per heavy atom. The van der Waals surface area contributed by atoms with Gasteiger partial charge in [-0.05, 0) is 49.4 Å². The first-order valence-electron chi connectivity index (χ1n) is 6.98. The Hall–Kier alpha value is -1.35. The van der Waals surface area contributed by atoms with Gasteiger partial charge in [0.05, 0.1) is 0 Å². The van der Waals surface area contributed by atoms with Crippen LogP contribution in [0.15, 0.2) is 12.1 Å². The molecular weight excluding hydrogens is 238 g/mol. The van der Waals surface area contributed by atoms with E-state index < -0.39 is 12.0 Å². The van der Waals surface area contributed by atoms with Crippen LogP contribution in [-0.4, -0.2) is 17.1 Å². The zero-order valence-corrected chi connectivity index (χ0v) is 12.4. The van der Waals surface area contributed by atoms with Crippen molar-refractivity contribution in [3.63, 3.8) is 0 Å².